The van der Waals surface area contributed by atoms with Gasteiger partial charge in [-0.25, -0.2) is 5.01 Å². The Hall–Kier alpha value is -0.120. The molecule has 0 aromatic rings. The normalized spacial score (nSPS) is 10.9. The molecule has 11 heavy (non-hydrogen) atoms. The molecule has 0 saturated carbocycles. The van der Waals surface area contributed by atoms with Gasteiger partial charge in [0.2, 0.25) is 0 Å². The number of hydrogen-bond donors (Lipinski definition) is 2. The van der Waals surface area contributed by atoms with Crippen molar-refractivity contribution in [1.29, 1.82) is 0 Å². The third-order valence-electron chi connectivity index (χ3n) is 1.81. The Labute approximate surface area is 69.7 Å². The summed E-state index contributed by atoms with van der Waals surface area (Å²) in [5.41, 5.74) is 5.36. The molecule has 0 radical (unpaired) electrons. The minimum atomic E-state index is 0.820. The predicted octanol–water partition coefficient (Wildman–Crippen LogP) is 0.701. The predicted molar refractivity (Wildman–Crippen MR) is 49.0 cm³/mol. The van der Waals surface area contributed by atoms with E-state index in [1.807, 2.05) is 5.01 Å². The van der Waals surface area contributed by atoms with Gasteiger partial charge < -0.3 is 5.73 Å². The Morgan fingerprint density at radius 3 is 2.27 bits per heavy atom. The van der Waals surface area contributed by atoms with E-state index >= 15 is 0 Å². The molecule has 0 rings (SSSR count). The van der Waals surface area contributed by atoms with Crippen LogP contribution >= 0.6 is 0 Å². The van der Waals surface area contributed by atoms with Gasteiger partial charge in [0.05, 0.1) is 0 Å². The maximum Gasteiger partial charge on any atom is 0.0128 e. The zero-order valence-corrected chi connectivity index (χ0v) is 7.55. The maximum absolute atomic E-state index is 5.60. The SMILES string of the molecule is CCN(N)CCCCCCN. The van der Waals surface area contributed by atoms with E-state index in [1.54, 1.807) is 0 Å². The monoisotopic (exact) mass is 159 g/mol. The van der Waals surface area contributed by atoms with Gasteiger partial charge in [0.15, 0.2) is 0 Å². The van der Waals surface area contributed by atoms with Crippen molar-refractivity contribution in [1.82, 2.24) is 5.01 Å². The third-order valence-corrected chi connectivity index (χ3v) is 1.81. The first-order chi connectivity index (χ1) is 5.31. The second-order valence-corrected chi connectivity index (χ2v) is 2.83. The summed E-state index contributed by atoms with van der Waals surface area (Å²) in [6.45, 7) is 4.85. The van der Waals surface area contributed by atoms with Crippen molar-refractivity contribution < 1.29 is 0 Å². The van der Waals surface area contributed by atoms with Crippen LogP contribution in [0, 0.1) is 0 Å². The zero-order valence-electron chi connectivity index (χ0n) is 7.55. The molecule has 68 valence electrons. The van der Waals surface area contributed by atoms with E-state index in [4.69, 9.17) is 11.6 Å². The molecule has 3 heteroatoms. The Balaban J connectivity index is 2.89. The van der Waals surface area contributed by atoms with Gasteiger partial charge in [-0.2, -0.15) is 0 Å². The van der Waals surface area contributed by atoms with Crippen molar-refractivity contribution in [3.8, 4) is 0 Å². The lowest BCUT2D eigenvalue weighted by atomic mass is 10.2. The van der Waals surface area contributed by atoms with Crippen LogP contribution in [-0.4, -0.2) is 24.6 Å². The molecular weight excluding hydrogens is 138 g/mol. The van der Waals surface area contributed by atoms with E-state index in [9.17, 15) is 0 Å². The highest BCUT2D eigenvalue weighted by molar-refractivity contribution is 4.47. The summed E-state index contributed by atoms with van der Waals surface area (Å²) in [6, 6.07) is 0. The lowest BCUT2D eigenvalue weighted by Crippen LogP contribution is -2.31. The van der Waals surface area contributed by atoms with Crippen molar-refractivity contribution in [2.45, 2.75) is 32.6 Å². The van der Waals surface area contributed by atoms with Crippen LogP contribution in [0.25, 0.3) is 0 Å². The van der Waals surface area contributed by atoms with Crippen molar-refractivity contribution in [2.75, 3.05) is 19.6 Å². The fraction of sp³-hybridized carbons (Fsp3) is 1.00. The van der Waals surface area contributed by atoms with Crippen LogP contribution in [0.4, 0.5) is 0 Å². The third kappa shape index (κ3) is 7.78. The second-order valence-electron chi connectivity index (χ2n) is 2.83. The van der Waals surface area contributed by atoms with Crippen LogP contribution in [0.5, 0.6) is 0 Å². The molecule has 0 fully saturated rings. The van der Waals surface area contributed by atoms with Crippen molar-refractivity contribution in [2.24, 2.45) is 11.6 Å². The first kappa shape index (κ1) is 10.9. The minimum absolute atomic E-state index is 0.820. The van der Waals surface area contributed by atoms with Crippen LogP contribution in [0.1, 0.15) is 32.6 Å². The topological polar surface area (TPSA) is 55.3 Å². The number of unbranched alkanes of at least 4 members (excludes halogenated alkanes) is 3. The van der Waals surface area contributed by atoms with E-state index in [0.29, 0.717) is 0 Å². The fourth-order valence-electron chi connectivity index (χ4n) is 0.971. The molecule has 0 aliphatic heterocycles. The highest BCUT2D eigenvalue weighted by atomic mass is 15.4. The summed E-state index contributed by atoms with van der Waals surface area (Å²) in [5, 5.41) is 1.85. The van der Waals surface area contributed by atoms with E-state index < -0.39 is 0 Å². The molecule has 0 saturated heterocycles. The van der Waals surface area contributed by atoms with E-state index in [2.05, 4.69) is 6.92 Å². The Morgan fingerprint density at radius 2 is 1.73 bits per heavy atom. The second kappa shape index (κ2) is 7.98. The van der Waals surface area contributed by atoms with Gasteiger partial charge >= 0.3 is 0 Å². The van der Waals surface area contributed by atoms with Gasteiger partial charge in [0, 0.05) is 13.1 Å². The van der Waals surface area contributed by atoms with Crippen LogP contribution in [0.2, 0.25) is 0 Å². The highest BCUT2D eigenvalue weighted by Gasteiger charge is 1.93. The Morgan fingerprint density at radius 1 is 1.09 bits per heavy atom. The standard InChI is InChI=1S/C8H21N3/c1-2-11(10)8-6-4-3-5-7-9/h2-10H2,1H3. The van der Waals surface area contributed by atoms with Gasteiger partial charge in [0.25, 0.3) is 0 Å². The lowest BCUT2D eigenvalue weighted by molar-refractivity contribution is 0.290. The molecular formula is C8H21N3. The molecule has 0 atom stereocenters. The van der Waals surface area contributed by atoms with Gasteiger partial charge in [-0.05, 0) is 19.4 Å². The fourth-order valence-corrected chi connectivity index (χ4v) is 0.971. The molecule has 0 bridgehead atoms. The largest absolute Gasteiger partial charge is 0.330 e. The van der Waals surface area contributed by atoms with Gasteiger partial charge in [-0.3, -0.25) is 5.84 Å². The van der Waals surface area contributed by atoms with Gasteiger partial charge in [-0.1, -0.05) is 19.8 Å². The summed E-state index contributed by atoms with van der Waals surface area (Å²) >= 11 is 0. The summed E-state index contributed by atoms with van der Waals surface area (Å²) in [7, 11) is 0. The van der Waals surface area contributed by atoms with Crippen LogP contribution < -0.4 is 11.6 Å². The van der Waals surface area contributed by atoms with Crippen LogP contribution in [-0.2, 0) is 0 Å². The summed E-state index contributed by atoms with van der Waals surface area (Å²) < 4.78 is 0. The molecule has 0 aromatic heterocycles. The molecule has 0 heterocycles. The minimum Gasteiger partial charge on any atom is -0.330 e. The molecule has 0 aromatic carbocycles. The smallest absolute Gasteiger partial charge is 0.0128 e. The first-order valence-electron chi connectivity index (χ1n) is 4.51. The van der Waals surface area contributed by atoms with Gasteiger partial charge in [-0.15, -0.1) is 0 Å². The molecule has 3 nitrogen and oxygen atoms in total. The van der Waals surface area contributed by atoms with E-state index in [0.717, 1.165) is 26.1 Å². The first-order valence-corrected chi connectivity index (χ1v) is 4.51. The number of rotatable bonds is 7. The van der Waals surface area contributed by atoms with E-state index in [1.165, 1.54) is 19.3 Å². The van der Waals surface area contributed by atoms with Gasteiger partial charge in [0.1, 0.15) is 0 Å². The number of hydrazine groups is 1. The zero-order chi connectivity index (χ0) is 8.53. The number of nitrogens with two attached hydrogens (primary N) is 2. The van der Waals surface area contributed by atoms with Crippen molar-refractivity contribution in [3.05, 3.63) is 0 Å². The summed E-state index contributed by atoms with van der Waals surface area (Å²) in [6.07, 6.45) is 4.85. The average Bonchev–Trinajstić information content (AvgIpc) is 2.04. The summed E-state index contributed by atoms with van der Waals surface area (Å²) in [4.78, 5) is 0. The van der Waals surface area contributed by atoms with Crippen molar-refractivity contribution >= 4 is 0 Å². The van der Waals surface area contributed by atoms with Crippen molar-refractivity contribution in [3.63, 3.8) is 0 Å². The number of nitrogens with zero attached hydrogens (tertiary/aromatic N) is 1. The van der Waals surface area contributed by atoms with Crippen LogP contribution in [0.3, 0.4) is 0 Å². The quantitative estimate of drug-likeness (QED) is 0.326. The molecule has 0 unspecified atom stereocenters. The van der Waals surface area contributed by atoms with Crippen LogP contribution in [0.15, 0.2) is 0 Å². The Bertz CT molecular complexity index is 75.7. The summed E-state index contributed by atoms with van der Waals surface area (Å²) in [5.74, 6) is 5.60. The molecule has 0 aliphatic rings. The Kier molecular flexibility index (Phi) is 7.89. The average molecular weight is 159 g/mol. The number of hydrogen-bond acceptors (Lipinski definition) is 3. The highest BCUT2D eigenvalue weighted by Crippen LogP contribution is 1.98. The molecule has 0 aliphatic carbocycles. The maximum atomic E-state index is 5.60. The van der Waals surface area contributed by atoms with E-state index in [-0.39, 0.29) is 0 Å². The molecule has 0 spiro atoms. The molecule has 0 amide bonds. The lowest BCUT2D eigenvalue weighted by Gasteiger charge is -2.12. The molecule has 4 N–H and O–H groups in total.